The molecule has 0 heterocycles. The van der Waals surface area contributed by atoms with Gasteiger partial charge in [-0.2, -0.15) is 0 Å². The quantitative estimate of drug-likeness (QED) is 0.805. The third-order valence-electron chi connectivity index (χ3n) is 2.95. The van der Waals surface area contributed by atoms with Gasteiger partial charge < -0.3 is 15.4 Å². The van der Waals surface area contributed by atoms with Crippen LogP contribution in [0.25, 0.3) is 0 Å². The number of carbonyl (C=O) groups excluding carboxylic acids is 1. The summed E-state index contributed by atoms with van der Waals surface area (Å²) in [7, 11) is 0. The summed E-state index contributed by atoms with van der Waals surface area (Å²) in [6.07, 6.45) is -0.501. The fraction of sp³-hybridized carbons (Fsp3) is 0.562. The molecule has 1 unspecified atom stereocenters. The third-order valence-corrected chi connectivity index (χ3v) is 2.95. The van der Waals surface area contributed by atoms with Gasteiger partial charge in [-0.05, 0) is 39.8 Å². The van der Waals surface area contributed by atoms with Gasteiger partial charge in [0.25, 0.3) is 5.91 Å². The summed E-state index contributed by atoms with van der Waals surface area (Å²) in [5.74, 6) is 0.720. The number of nitrogens with one attached hydrogen (secondary N) is 2. The number of amides is 1. The SMILES string of the molecule is CCNCc1cccc(C)c1OC(C)C(=O)NC(C)C. The summed E-state index contributed by atoms with van der Waals surface area (Å²) in [6, 6.07) is 6.15. The molecule has 0 saturated carbocycles. The predicted molar refractivity (Wildman–Crippen MR) is 81.9 cm³/mol. The third kappa shape index (κ3) is 4.85. The van der Waals surface area contributed by atoms with Crippen molar-refractivity contribution in [1.29, 1.82) is 0 Å². The largest absolute Gasteiger partial charge is 0.480 e. The average molecular weight is 278 g/mol. The van der Waals surface area contributed by atoms with Crippen LogP contribution in [0.15, 0.2) is 18.2 Å². The van der Waals surface area contributed by atoms with Crippen LogP contribution in [0.4, 0.5) is 0 Å². The number of benzene rings is 1. The van der Waals surface area contributed by atoms with Gasteiger partial charge in [0.1, 0.15) is 5.75 Å². The van der Waals surface area contributed by atoms with E-state index in [4.69, 9.17) is 4.74 Å². The highest BCUT2D eigenvalue weighted by atomic mass is 16.5. The lowest BCUT2D eigenvalue weighted by Gasteiger charge is -2.20. The average Bonchev–Trinajstić information content (AvgIpc) is 2.38. The Morgan fingerprint density at radius 2 is 2.00 bits per heavy atom. The predicted octanol–water partition coefficient (Wildman–Crippen LogP) is 2.40. The lowest BCUT2D eigenvalue weighted by Crippen LogP contribution is -2.40. The van der Waals surface area contributed by atoms with Crippen LogP contribution in [0.2, 0.25) is 0 Å². The van der Waals surface area contributed by atoms with Gasteiger partial charge in [-0.25, -0.2) is 0 Å². The molecule has 0 aliphatic heterocycles. The summed E-state index contributed by atoms with van der Waals surface area (Å²) in [5.41, 5.74) is 2.13. The van der Waals surface area contributed by atoms with Gasteiger partial charge in [0.05, 0.1) is 0 Å². The molecule has 1 aromatic rings. The zero-order chi connectivity index (χ0) is 15.1. The molecule has 0 aliphatic carbocycles. The van der Waals surface area contributed by atoms with E-state index in [-0.39, 0.29) is 11.9 Å². The van der Waals surface area contributed by atoms with Crippen LogP contribution >= 0.6 is 0 Å². The second-order valence-electron chi connectivity index (χ2n) is 5.27. The van der Waals surface area contributed by atoms with Crippen LogP contribution in [0.1, 0.15) is 38.8 Å². The topological polar surface area (TPSA) is 50.4 Å². The summed E-state index contributed by atoms with van der Waals surface area (Å²) in [4.78, 5) is 11.9. The number of hydrogen-bond acceptors (Lipinski definition) is 3. The highest BCUT2D eigenvalue weighted by Gasteiger charge is 2.18. The Balaban J connectivity index is 2.82. The molecule has 112 valence electrons. The molecule has 0 saturated heterocycles. The number of carbonyl (C=O) groups is 1. The van der Waals surface area contributed by atoms with Crippen molar-refractivity contribution < 1.29 is 9.53 Å². The van der Waals surface area contributed by atoms with Crippen molar-refractivity contribution in [2.45, 2.75) is 53.3 Å². The van der Waals surface area contributed by atoms with Crippen LogP contribution in [0.3, 0.4) is 0 Å². The molecule has 1 rings (SSSR count). The molecule has 0 aromatic heterocycles. The molecule has 4 nitrogen and oxygen atoms in total. The minimum Gasteiger partial charge on any atom is -0.480 e. The van der Waals surface area contributed by atoms with Crippen LogP contribution in [0, 0.1) is 6.92 Å². The Morgan fingerprint density at radius 3 is 2.60 bits per heavy atom. The van der Waals surface area contributed by atoms with Crippen molar-refractivity contribution in [2.75, 3.05) is 6.54 Å². The summed E-state index contributed by atoms with van der Waals surface area (Å²) < 4.78 is 5.88. The minimum absolute atomic E-state index is 0.0855. The van der Waals surface area contributed by atoms with E-state index in [0.717, 1.165) is 30.0 Å². The normalized spacial score (nSPS) is 12.3. The lowest BCUT2D eigenvalue weighted by atomic mass is 10.1. The number of aryl methyl sites for hydroxylation is 1. The van der Waals surface area contributed by atoms with E-state index in [0.29, 0.717) is 0 Å². The Morgan fingerprint density at radius 1 is 1.30 bits per heavy atom. The molecule has 20 heavy (non-hydrogen) atoms. The monoisotopic (exact) mass is 278 g/mol. The lowest BCUT2D eigenvalue weighted by molar-refractivity contribution is -0.127. The highest BCUT2D eigenvalue weighted by Crippen LogP contribution is 2.24. The molecule has 0 radical (unpaired) electrons. The van der Waals surface area contributed by atoms with Crippen LogP contribution in [-0.4, -0.2) is 24.6 Å². The number of para-hydroxylation sites is 1. The highest BCUT2D eigenvalue weighted by molar-refractivity contribution is 5.81. The van der Waals surface area contributed by atoms with Crippen molar-refractivity contribution in [3.8, 4) is 5.75 Å². The minimum atomic E-state index is -0.501. The van der Waals surface area contributed by atoms with E-state index >= 15 is 0 Å². The molecule has 4 heteroatoms. The van der Waals surface area contributed by atoms with Gasteiger partial charge in [0.2, 0.25) is 0 Å². The Hall–Kier alpha value is -1.55. The number of rotatable bonds is 7. The van der Waals surface area contributed by atoms with Crippen molar-refractivity contribution in [2.24, 2.45) is 0 Å². The van der Waals surface area contributed by atoms with Crippen LogP contribution in [0.5, 0.6) is 5.75 Å². The van der Waals surface area contributed by atoms with Gasteiger partial charge >= 0.3 is 0 Å². The van der Waals surface area contributed by atoms with E-state index in [1.807, 2.05) is 39.0 Å². The van der Waals surface area contributed by atoms with Crippen LogP contribution in [-0.2, 0) is 11.3 Å². The fourth-order valence-electron chi connectivity index (χ4n) is 1.91. The van der Waals surface area contributed by atoms with Gasteiger partial charge in [0.15, 0.2) is 6.10 Å². The molecule has 0 fully saturated rings. The first-order chi connectivity index (χ1) is 9.45. The molecule has 1 amide bonds. The molecule has 1 atom stereocenters. The summed E-state index contributed by atoms with van der Waals surface area (Å²) in [5, 5.41) is 6.15. The van der Waals surface area contributed by atoms with Gasteiger partial charge in [-0.15, -0.1) is 0 Å². The van der Waals surface area contributed by atoms with E-state index in [9.17, 15) is 4.79 Å². The van der Waals surface area contributed by atoms with E-state index in [2.05, 4.69) is 17.6 Å². The smallest absolute Gasteiger partial charge is 0.260 e. The zero-order valence-corrected chi connectivity index (χ0v) is 13.1. The van der Waals surface area contributed by atoms with Crippen molar-refractivity contribution in [1.82, 2.24) is 10.6 Å². The van der Waals surface area contributed by atoms with Crippen molar-refractivity contribution >= 4 is 5.91 Å². The second kappa shape index (κ2) is 7.90. The molecule has 1 aromatic carbocycles. The maximum absolute atomic E-state index is 11.9. The Kier molecular flexibility index (Phi) is 6.52. The first-order valence-electron chi connectivity index (χ1n) is 7.22. The first-order valence-corrected chi connectivity index (χ1v) is 7.22. The first kappa shape index (κ1) is 16.5. The van der Waals surface area contributed by atoms with Gasteiger partial charge in [-0.1, -0.05) is 25.1 Å². The van der Waals surface area contributed by atoms with Crippen molar-refractivity contribution in [3.63, 3.8) is 0 Å². The molecular weight excluding hydrogens is 252 g/mol. The molecule has 0 spiro atoms. The molecule has 2 N–H and O–H groups in total. The second-order valence-corrected chi connectivity index (χ2v) is 5.27. The Bertz CT molecular complexity index is 444. The van der Waals surface area contributed by atoms with E-state index < -0.39 is 6.10 Å². The maximum Gasteiger partial charge on any atom is 0.260 e. The fourth-order valence-corrected chi connectivity index (χ4v) is 1.91. The summed E-state index contributed by atoms with van der Waals surface area (Å²) in [6.45, 7) is 11.4. The molecular formula is C16H26N2O2. The van der Waals surface area contributed by atoms with Crippen LogP contribution < -0.4 is 15.4 Å². The van der Waals surface area contributed by atoms with E-state index in [1.165, 1.54) is 0 Å². The standard InChI is InChI=1S/C16H26N2O2/c1-6-17-10-14-9-7-8-12(4)15(14)20-13(5)16(19)18-11(2)3/h7-9,11,13,17H,6,10H2,1-5H3,(H,18,19). The van der Waals surface area contributed by atoms with Gasteiger partial charge in [0, 0.05) is 18.2 Å². The Labute approximate surface area is 121 Å². The zero-order valence-electron chi connectivity index (χ0n) is 13.1. The van der Waals surface area contributed by atoms with Gasteiger partial charge in [-0.3, -0.25) is 4.79 Å². The number of ether oxygens (including phenoxy) is 1. The van der Waals surface area contributed by atoms with E-state index in [1.54, 1.807) is 6.92 Å². The van der Waals surface area contributed by atoms with Crippen molar-refractivity contribution in [3.05, 3.63) is 29.3 Å². The molecule has 0 bridgehead atoms. The number of hydrogen-bond donors (Lipinski definition) is 2. The molecule has 0 aliphatic rings. The summed E-state index contributed by atoms with van der Waals surface area (Å²) >= 11 is 0. The maximum atomic E-state index is 11.9.